The number of hydrogen-bond donors (Lipinski definition) is 0. The maximum absolute atomic E-state index is 5.31. The van der Waals surface area contributed by atoms with Gasteiger partial charge in [-0.2, -0.15) is 0 Å². The number of hydrogen-bond acceptors (Lipinski definition) is 3. The van der Waals surface area contributed by atoms with Crippen LogP contribution in [0.5, 0.6) is 0 Å². The van der Waals surface area contributed by atoms with Gasteiger partial charge in [-0.05, 0) is 7.05 Å². The van der Waals surface area contributed by atoms with Crippen molar-refractivity contribution in [2.75, 3.05) is 53.0 Å². The van der Waals surface area contributed by atoms with Gasteiger partial charge < -0.3 is 9.64 Å². The number of alkyl halides is 1. The van der Waals surface area contributed by atoms with E-state index in [-0.39, 0.29) is 0 Å². The fraction of sp³-hybridized carbons (Fsp3) is 1.00. The second kappa shape index (κ2) is 6.77. The molecular formula is C10H21BrN2O. The van der Waals surface area contributed by atoms with Crippen LogP contribution >= 0.6 is 15.9 Å². The quantitative estimate of drug-likeness (QED) is 0.691. The highest BCUT2D eigenvalue weighted by atomic mass is 79.9. The lowest BCUT2D eigenvalue weighted by Gasteiger charge is -2.28. The third kappa shape index (κ3) is 5.29. The van der Waals surface area contributed by atoms with Crippen molar-refractivity contribution in [1.29, 1.82) is 0 Å². The number of halogens is 1. The summed E-state index contributed by atoms with van der Waals surface area (Å²) >= 11 is 3.57. The Kier molecular flexibility index (Phi) is 6.01. The average Bonchev–Trinajstić information content (AvgIpc) is 2.15. The predicted molar refractivity (Wildman–Crippen MR) is 63.1 cm³/mol. The minimum atomic E-state index is 0.581. The van der Waals surface area contributed by atoms with Crippen LogP contribution < -0.4 is 0 Å². The zero-order valence-electron chi connectivity index (χ0n) is 9.21. The second-order valence-electron chi connectivity index (χ2n) is 4.00. The van der Waals surface area contributed by atoms with Gasteiger partial charge in [0.15, 0.2) is 0 Å². The predicted octanol–water partition coefficient (Wildman–Crippen LogP) is 1.03. The Morgan fingerprint density at radius 2 is 2.07 bits per heavy atom. The Hall–Kier alpha value is 0.360. The zero-order valence-corrected chi connectivity index (χ0v) is 10.8. The highest BCUT2D eigenvalue weighted by Gasteiger charge is 2.11. The van der Waals surface area contributed by atoms with Crippen LogP contribution in [0.1, 0.15) is 6.92 Å². The third-order valence-corrected chi connectivity index (χ3v) is 2.75. The van der Waals surface area contributed by atoms with E-state index in [2.05, 4.69) is 39.7 Å². The first-order valence-corrected chi connectivity index (χ1v) is 6.23. The maximum atomic E-state index is 5.31. The molecule has 0 aliphatic carbocycles. The van der Waals surface area contributed by atoms with Gasteiger partial charge in [0.05, 0.1) is 13.2 Å². The summed E-state index contributed by atoms with van der Waals surface area (Å²) in [7, 11) is 2.18. The lowest BCUT2D eigenvalue weighted by Crippen LogP contribution is -2.41. The number of rotatable bonds is 5. The van der Waals surface area contributed by atoms with Gasteiger partial charge in [-0.1, -0.05) is 22.9 Å². The van der Waals surface area contributed by atoms with Gasteiger partial charge in [-0.25, -0.2) is 0 Å². The molecule has 1 atom stereocenters. The lowest BCUT2D eigenvalue weighted by molar-refractivity contribution is 0.0346. The summed E-state index contributed by atoms with van der Waals surface area (Å²) < 4.78 is 5.31. The van der Waals surface area contributed by atoms with Gasteiger partial charge in [0.1, 0.15) is 0 Å². The normalized spacial score (nSPS) is 21.4. The Bertz CT molecular complexity index is 149. The van der Waals surface area contributed by atoms with Gasteiger partial charge in [0, 0.05) is 37.6 Å². The zero-order chi connectivity index (χ0) is 10.4. The molecular weight excluding hydrogens is 244 g/mol. The summed E-state index contributed by atoms with van der Waals surface area (Å²) in [5.74, 6) is 0. The first kappa shape index (κ1) is 12.4. The van der Waals surface area contributed by atoms with Gasteiger partial charge >= 0.3 is 0 Å². The van der Waals surface area contributed by atoms with Crippen LogP contribution in [-0.2, 0) is 4.74 Å². The van der Waals surface area contributed by atoms with Crippen molar-refractivity contribution < 1.29 is 4.74 Å². The lowest BCUT2D eigenvalue weighted by atomic mass is 10.4. The molecule has 0 saturated carbocycles. The molecule has 0 spiro atoms. The summed E-state index contributed by atoms with van der Waals surface area (Å²) in [6.07, 6.45) is 0. The molecule has 0 bridgehead atoms. The van der Waals surface area contributed by atoms with Crippen molar-refractivity contribution >= 4 is 15.9 Å². The summed E-state index contributed by atoms with van der Waals surface area (Å²) in [6.45, 7) is 9.61. The van der Waals surface area contributed by atoms with E-state index in [1.165, 1.54) is 6.54 Å². The fourth-order valence-corrected chi connectivity index (χ4v) is 2.15. The first-order valence-electron chi connectivity index (χ1n) is 5.31. The van der Waals surface area contributed by atoms with E-state index in [9.17, 15) is 0 Å². The van der Waals surface area contributed by atoms with Gasteiger partial charge in [-0.3, -0.25) is 4.90 Å². The maximum Gasteiger partial charge on any atom is 0.0594 e. The van der Waals surface area contributed by atoms with Crippen molar-refractivity contribution in [2.24, 2.45) is 0 Å². The third-order valence-electron chi connectivity index (χ3n) is 2.46. The Labute approximate surface area is 95.5 Å². The SMILES string of the molecule is CC(Br)CN(C)CCN1CCOCC1. The molecule has 1 unspecified atom stereocenters. The molecule has 0 aromatic carbocycles. The summed E-state index contributed by atoms with van der Waals surface area (Å²) in [5.41, 5.74) is 0. The number of likely N-dealkylation sites (N-methyl/N-ethyl adjacent to an activating group) is 1. The van der Waals surface area contributed by atoms with Crippen molar-refractivity contribution in [2.45, 2.75) is 11.8 Å². The number of morpholine rings is 1. The number of ether oxygens (including phenoxy) is 1. The molecule has 0 amide bonds. The van der Waals surface area contributed by atoms with Crippen LogP contribution in [0.2, 0.25) is 0 Å². The van der Waals surface area contributed by atoms with Crippen LogP contribution in [0.15, 0.2) is 0 Å². The molecule has 0 aromatic heterocycles. The molecule has 14 heavy (non-hydrogen) atoms. The van der Waals surface area contributed by atoms with Crippen molar-refractivity contribution in [3.05, 3.63) is 0 Å². The summed E-state index contributed by atoms with van der Waals surface area (Å²) in [5, 5.41) is 0. The van der Waals surface area contributed by atoms with Crippen LogP contribution in [0.25, 0.3) is 0 Å². The summed E-state index contributed by atoms with van der Waals surface area (Å²) in [4.78, 5) is 5.42. The molecule has 0 aromatic rings. The van der Waals surface area contributed by atoms with E-state index in [0.29, 0.717) is 4.83 Å². The topological polar surface area (TPSA) is 15.7 Å². The van der Waals surface area contributed by atoms with Gasteiger partial charge in [0.2, 0.25) is 0 Å². The molecule has 1 aliphatic heterocycles. The molecule has 84 valence electrons. The Morgan fingerprint density at radius 3 is 2.64 bits per heavy atom. The van der Waals surface area contributed by atoms with Crippen LogP contribution in [0.4, 0.5) is 0 Å². The van der Waals surface area contributed by atoms with E-state index in [1.807, 2.05) is 0 Å². The molecule has 1 aliphatic rings. The Balaban J connectivity index is 2.06. The van der Waals surface area contributed by atoms with Gasteiger partial charge in [0.25, 0.3) is 0 Å². The van der Waals surface area contributed by atoms with Crippen molar-refractivity contribution in [3.63, 3.8) is 0 Å². The molecule has 1 saturated heterocycles. The smallest absolute Gasteiger partial charge is 0.0594 e. The van der Waals surface area contributed by atoms with E-state index >= 15 is 0 Å². The number of nitrogens with zero attached hydrogens (tertiary/aromatic N) is 2. The second-order valence-corrected chi connectivity index (χ2v) is 5.56. The van der Waals surface area contributed by atoms with E-state index in [0.717, 1.165) is 39.4 Å². The minimum Gasteiger partial charge on any atom is -0.379 e. The molecule has 0 radical (unpaired) electrons. The molecule has 1 heterocycles. The van der Waals surface area contributed by atoms with Crippen molar-refractivity contribution in [1.82, 2.24) is 9.80 Å². The molecule has 1 fully saturated rings. The van der Waals surface area contributed by atoms with Gasteiger partial charge in [-0.15, -0.1) is 0 Å². The first-order chi connectivity index (χ1) is 6.68. The Morgan fingerprint density at radius 1 is 1.43 bits per heavy atom. The van der Waals surface area contributed by atoms with E-state index in [4.69, 9.17) is 4.74 Å². The monoisotopic (exact) mass is 264 g/mol. The average molecular weight is 265 g/mol. The molecule has 4 heteroatoms. The van der Waals surface area contributed by atoms with Crippen LogP contribution in [0.3, 0.4) is 0 Å². The van der Waals surface area contributed by atoms with Crippen molar-refractivity contribution in [3.8, 4) is 0 Å². The fourth-order valence-electron chi connectivity index (χ4n) is 1.66. The van der Waals surface area contributed by atoms with Crippen LogP contribution in [-0.4, -0.2) is 67.6 Å². The molecule has 1 rings (SSSR count). The largest absolute Gasteiger partial charge is 0.379 e. The highest BCUT2D eigenvalue weighted by molar-refractivity contribution is 9.09. The standard InChI is InChI=1S/C10H21BrN2O/c1-10(11)9-12(2)3-4-13-5-7-14-8-6-13/h10H,3-9H2,1-2H3. The highest BCUT2D eigenvalue weighted by Crippen LogP contribution is 2.01. The molecule has 0 N–H and O–H groups in total. The summed E-state index contributed by atoms with van der Waals surface area (Å²) in [6, 6.07) is 0. The van der Waals surface area contributed by atoms with E-state index < -0.39 is 0 Å². The van der Waals surface area contributed by atoms with Crippen LogP contribution in [0, 0.1) is 0 Å². The minimum absolute atomic E-state index is 0.581. The van der Waals surface area contributed by atoms with E-state index in [1.54, 1.807) is 0 Å². The molecule has 3 nitrogen and oxygen atoms in total.